The number of hydrogen-bond donors (Lipinski definition) is 2. The number of amides is 1. The first-order chi connectivity index (χ1) is 9.47. The topological polar surface area (TPSA) is 79.3 Å². The van der Waals surface area contributed by atoms with Gasteiger partial charge in [0.1, 0.15) is 5.69 Å². The highest BCUT2D eigenvalue weighted by Gasteiger charge is 2.11. The van der Waals surface area contributed by atoms with Crippen LogP contribution in [0.3, 0.4) is 0 Å². The average Bonchev–Trinajstić information content (AvgIpc) is 2.40. The summed E-state index contributed by atoms with van der Waals surface area (Å²) in [7, 11) is 0. The third kappa shape index (κ3) is 3.21. The van der Waals surface area contributed by atoms with Gasteiger partial charge in [-0.1, -0.05) is 6.07 Å². The second-order valence-corrected chi connectivity index (χ2v) is 4.97. The van der Waals surface area contributed by atoms with Crippen molar-refractivity contribution in [3.63, 3.8) is 0 Å². The number of nitrogens with one attached hydrogen (secondary N) is 1. The van der Waals surface area contributed by atoms with Crippen molar-refractivity contribution < 1.29 is 14.7 Å². The summed E-state index contributed by atoms with van der Waals surface area (Å²) in [6.07, 6.45) is 0. The highest BCUT2D eigenvalue weighted by atomic mass is 79.9. The molecule has 102 valence electrons. The summed E-state index contributed by atoms with van der Waals surface area (Å²) in [6.45, 7) is 1.80. The van der Waals surface area contributed by atoms with Gasteiger partial charge in [-0.25, -0.2) is 9.78 Å². The summed E-state index contributed by atoms with van der Waals surface area (Å²) in [6, 6.07) is 9.55. The number of hydrogen-bond acceptors (Lipinski definition) is 3. The smallest absolute Gasteiger partial charge is 0.335 e. The zero-order valence-electron chi connectivity index (χ0n) is 10.6. The Morgan fingerprint density at radius 3 is 2.60 bits per heavy atom. The minimum Gasteiger partial charge on any atom is -0.478 e. The van der Waals surface area contributed by atoms with Crippen LogP contribution >= 0.6 is 15.9 Å². The van der Waals surface area contributed by atoms with E-state index in [0.717, 1.165) is 5.69 Å². The molecule has 5 nitrogen and oxygen atoms in total. The van der Waals surface area contributed by atoms with Crippen LogP contribution in [-0.2, 0) is 0 Å². The summed E-state index contributed by atoms with van der Waals surface area (Å²) < 4.78 is 0.499. The van der Waals surface area contributed by atoms with Crippen molar-refractivity contribution >= 4 is 33.5 Å². The van der Waals surface area contributed by atoms with Crippen LogP contribution in [0.2, 0.25) is 0 Å². The number of aryl methyl sites for hydroxylation is 1. The molecule has 1 heterocycles. The Kier molecular flexibility index (Phi) is 4.14. The van der Waals surface area contributed by atoms with Crippen LogP contribution in [0.4, 0.5) is 5.69 Å². The average molecular weight is 335 g/mol. The van der Waals surface area contributed by atoms with E-state index in [2.05, 4.69) is 26.2 Å². The normalized spacial score (nSPS) is 10.1. The predicted molar refractivity (Wildman–Crippen MR) is 78.0 cm³/mol. The maximum absolute atomic E-state index is 12.0. The van der Waals surface area contributed by atoms with Crippen molar-refractivity contribution in [3.8, 4) is 0 Å². The van der Waals surface area contributed by atoms with E-state index < -0.39 is 5.97 Å². The van der Waals surface area contributed by atoms with E-state index in [-0.39, 0.29) is 11.5 Å². The number of anilines is 1. The van der Waals surface area contributed by atoms with E-state index in [0.29, 0.717) is 15.9 Å². The van der Waals surface area contributed by atoms with Crippen LogP contribution in [0.15, 0.2) is 40.9 Å². The van der Waals surface area contributed by atoms with Gasteiger partial charge in [-0.3, -0.25) is 4.79 Å². The SMILES string of the molecule is Cc1cccc(C(=O)Nc2ccc(C(=O)O)cc2Br)n1. The highest BCUT2D eigenvalue weighted by Crippen LogP contribution is 2.24. The van der Waals surface area contributed by atoms with Crippen LogP contribution in [0.5, 0.6) is 0 Å². The maximum atomic E-state index is 12.0. The van der Waals surface area contributed by atoms with Gasteiger partial charge in [-0.15, -0.1) is 0 Å². The standard InChI is InChI=1S/C14H11BrN2O3/c1-8-3-2-4-12(16-8)13(18)17-11-6-5-9(14(19)20)7-10(11)15/h2-7H,1H3,(H,17,18)(H,19,20). The molecule has 0 saturated heterocycles. The van der Waals surface area contributed by atoms with Crippen LogP contribution in [0.25, 0.3) is 0 Å². The first-order valence-corrected chi connectivity index (χ1v) is 6.54. The van der Waals surface area contributed by atoms with Gasteiger partial charge < -0.3 is 10.4 Å². The lowest BCUT2D eigenvalue weighted by Crippen LogP contribution is -2.14. The van der Waals surface area contributed by atoms with Crippen LogP contribution in [0, 0.1) is 6.92 Å². The first-order valence-electron chi connectivity index (χ1n) is 5.75. The molecule has 0 bridgehead atoms. The molecular formula is C14H11BrN2O3. The van der Waals surface area contributed by atoms with Crippen molar-refractivity contribution in [1.82, 2.24) is 4.98 Å². The summed E-state index contributed by atoms with van der Waals surface area (Å²) >= 11 is 3.23. The Morgan fingerprint density at radius 1 is 1.25 bits per heavy atom. The molecule has 0 saturated carbocycles. The Bertz CT molecular complexity index is 686. The largest absolute Gasteiger partial charge is 0.478 e. The second kappa shape index (κ2) is 5.83. The number of aromatic nitrogens is 1. The van der Waals surface area contributed by atoms with Gasteiger partial charge in [-0.2, -0.15) is 0 Å². The molecule has 0 unspecified atom stereocenters. The molecule has 0 atom stereocenters. The number of aromatic carboxylic acids is 1. The highest BCUT2D eigenvalue weighted by molar-refractivity contribution is 9.10. The van der Waals surface area contributed by atoms with E-state index >= 15 is 0 Å². The number of pyridine rings is 1. The first kappa shape index (κ1) is 14.2. The minimum absolute atomic E-state index is 0.142. The summed E-state index contributed by atoms with van der Waals surface area (Å²) in [5, 5.41) is 11.6. The zero-order chi connectivity index (χ0) is 14.7. The molecule has 1 aromatic heterocycles. The fraction of sp³-hybridized carbons (Fsp3) is 0.0714. The zero-order valence-corrected chi connectivity index (χ0v) is 12.1. The Morgan fingerprint density at radius 2 is 2.00 bits per heavy atom. The summed E-state index contributed by atoms with van der Waals surface area (Å²) in [5.74, 6) is -1.37. The number of carboxylic acids is 1. The van der Waals surface area contributed by atoms with E-state index in [9.17, 15) is 9.59 Å². The molecule has 1 amide bonds. The number of carboxylic acid groups (broad SMARTS) is 1. The van der Waals surface area contributed by atoms with E-state index in [4.69, 9.17) is 5.11 Å². The summed E-state index contributed by atoms with van der Waals surface area (Å²) in [4.78, 5) is 27.0. The monoisotopic (exact) mass is 334 g/mol. The van der Waals surface area contributed by atoms with E-state index in [1.54, 1.807) is 25.1 Å². The van der Waals surface area contributed by atoms with Gasteiger partial charge in [0.2, 0.25) is 0 Å². The Labute approximate surface area is 123 Å². The van der Waals surface area contributed by atoms with Crippen molar-refractivity contribution in [2.45, 2.75) is 6.92 Å². The molecule has 0 aliphatic heterocycles. The lowest BCUT2D eigenvalue weighted by atomic mass is 10.2. The van der Waals surface area contributed by atoms with Gasteiger partial charge in [0.15, 0.2) is 0 Å². The molecule has 2 N–H and O–H groups in total. The van der Waals surface area contributed by atoms with Crippen molar-refractivity contribution in [2.75, 3.05) is 5.32 Å². The molecule has 2 aromatic rings. The number of carbonyl (C=O) groups is 2. The minimum atomic E-state index is -1.02. The number of rotatable bonds is 3. The van der Waals surface area contributed by atoms with E-state index in [1.165, 1.54) is 18.2 Å². The van der Waals surface area contributed by atoms with Crippen LogP contribution < -0.4 is 5.32 Å². The fourth-order valence-electron chi connectivity index (χ4n) is 1.61. The third-order valence-electron chi connectivity index (χ3n) is 2.59. The van der Waals surface area contributed by atoms with Gasteiger partial charge in [0, 0.05) is 10.2 Å². The van der Waals surface area contributed by atoms with Gasteiger partial charge in [-0.05, 0) is 53.2 Å². The molecule has 1 aromatic carbocycles. The van der Waals surface area contributed by atoms with Crippen LogP contribution in [0.1, 0.15) is 26.5 Å². The summed E-state index contributed by atoms with van der Waals surface area (Å²) in [5.41, 5.74) is 1.68. The number of halogens is 1. The van der Waals surface area contributed by atoms with Crippen LogP contribution in [-0.4, -0.2) is 22.0 Å². The molecule has 0 fully saturated rings. The van der Waals surface area contributed by atoms with Crippen molar-refractivity contribution in [3.05, 3.63) is 57.8 Å². The second-order valence-electron chi connectivity index (χ2n) is 4.12. The molecular weight excluding hydrogens is 324 g/mol. The molecule has 2 rings (SSSR count). The molecule has 0 aliphatic rings. The number of benzene rings is 1. The van der Waals surface area contributed by atoms with Crippen molar-refractivity contribution in [1.29, 1.82) is 0 Å². The quantitative estimate of drug-likeness (QED) is 0.903. The predicted octanol–water partition coefficient (Wildman–Crippen LogP) is 3.10. The lowest BCUT2D eigenvalue weighted by Gasteiger charge is -2.08. The third-order valence-corrected chi connectivity index (χ3v) is 3.24. The maximum Gasteiger partial charge on any atom is 0.335 e. The van der Waals surface area contributed by atoms with Gasteiger partial charge in [0.25, 0.3) is 5.91 Å². The van der Waals surface area contributed by atoms with E-state index in [1.807, 2.05) is 0 Å². The Balaban J connectivity index is 2.22. The lowest BCUT2D eigenvalue weighted by molar-refractivity contribution is 0.0696. The van der Waals surface area contributed by atoms with Crippen molar-refractivity contribution in [2.24, 2.45) is 0 Å². The van der Waals surface area contributed by atoms with Gasteiger partial charge >= 0.3 is 5.97 Å². The van der Waals surface area contributed by atoms with Gasteiger partial charge in [0.05, 0.1) is 11.3 Å². The molecule has 6 heteroatoms. The molecule has 0 spiro atoms. The fourth-order valence-corrected chi connectivity index (χ4v) is 2.08. The molecule has 20 heavy (non-hydrogen) atoms. The number of nitrogens with zero attached hydrogens (tertiary/aromatic N) is 1. The number of carbonyl (C=O) groups excluding carboxylic acids is 1. The molecule has 0 aliphatic carbocycles. The Hall–Kier alpha value is -2.21. The molecule has 0 radical (unpaired) electrons.